The Kier molecular flexibility index (Phi) is 5.92. The highest BCUT2D eigenvalue weighted by Gasteiger charge is 2.35. The zero-order valence-electron chi connectivity index (χ0n) is 14.4. The number of carbonyl (C=O) groups excluding carboxylic acids is 1. The number of ether oxygens (including phenoxy) is 1. The third-order valence-electron chi connectivity index (χ3n) is 3.85. The van der Waals surface area contributed by atoms with Gasteiger partial charge in [0.15, 0.2) is 0 Å². The summed E-state index contributed by atoms with van der Waals surface area (Å²) in [4.78, 5) is 12.2. The zero-order valence-corrected chi connectivity index (χ0v) is 14.4. The van der Waals surface area contributed by atoms with E-state index in [1.54, 1.807) is 31.4 Å². The molecule has 2 aromatic rings. The Morgan fingerprint density at radius 3 is 2.31 bits per heavy atom. The highest BCUT2D eigenvalue weighted by atomic mass is 19.4. The summed E-state index contributed by atoms with van der Waals surface area (Å²) in [5.41, 5.74) is -1.99. The molecule has 1 amide bonds. The Morgan fingerprint density at radius 1 is 1.12 bits per heavy atom. The molecule has 0 fully saturated rings. The van der Waals surface area contributed by atoms with Crippen LogP contribution >= 0.6 is 0 Å². The van der Waals surface area contributed by atoms with Crippen LogP contribution in [0, 0.1) is 0 Å². The lowest BCUT2D eigenvalue weighted by molar-refractivity contribution is -0.137. The second-order valence-corrected chi connectivity index (χ2v) is 6.25. The summed E-state index contributed by atoms with van der Waals surface area (Å²) in [6.07, 6.45) is -4.41. The first-order chi connectivity index (χ1) is 12.1. The van der Waals surface area contributed by atoms with Crippen LogP contribution in [0.25, 0.3) is 0 Å². The van der Waals surface area contributed by atoms with Gasteiger partial charge in [0.1, 0.15) is 5.75 Å². The standard InChI is InChI=1S/C19H20F3NO3/c1-18(25,11-13-7-9-14(26-2)10-8-13)12-23-17(24)15-5-3-4-6-16(15)19(20,21)22/h3-10,25H,11-12H2,1-2H3,(H,23,24)/t18-/m0/s1. The molecule has 0 radical (unpaired) electrons. The number of alkyl halides is 3. The molecule has 0 aliphatic carbocycles. The van der Waals surface area contributed by atoms with Crippen LogP contribution in [0.15, 0.2) is 48.5 Å². The van der Waals surface area contributed by atoms with E-state index in [9.17, 15) is 23.1 Å². The number of hydrogen-bond donors (Lipinski definition) is 2. The maximum Gasteiger partial charge on any atom is 0.417 e. The Bertz CT molecular complexity index is 755. The monoisotopic (exact) mass is 367 g/mol. The first-order valence-corrected chi connectivity index (χ1v) is 7.92. The molecule has 0 heterocycles. The number of amides is 1. The van der Waals surface area contributed by atoms with Crippen molar-refractivity contribution in [2.45, 2.75) is 25.1 Å². The summed E-state index contributed by atoms with van der Waals surface area (Å²) < 4.78 is 44.0. The molecule has 0 saturated carbocycles. The van der Waals surface area contributed by atoms with Crippen molar-refractivity contribution in [3.8, 4) is 5.75 Å². The molecule has 0 saturated heterocycles. The number of hydrogen-bond acceptors (Lipinski definition) is 3. The van der Waals surface area contributed by atoms with Crippen molar-refractivity contribution in [3.05, 3.63) is 65.2 Å². The molecule has 4 nitrogen and oxygen atoms in total. The molecule has 26 heavy (non-hydrogen) atoms. The average Bonchev–Trinajstić information content (AvgIpc) is 2.59. The maximum absolute atomic E-state index is 13.0. The normalized spacial score (nSPS) is 13.8. The third-order valence-corrected chi connectivity index (χ3v) is 3.85. The Balaban J connectivity index is 2.04. The lowest BCUT2D eigenvalue weighted by Crippen LogP contribution is -2.42. The number of aliphatic hydroxyl groups is 1. The van der Waals surface area contributed by atoms with Crippen molar-refractivity contribution in [2.75, 3.05) is 13.7 Å². The minimum absolute atomic E-state index is 0.190. The van der Waals surface area contributed by atoms with E-state index in [-0.39, 0.29) is 13.0 Å². The predicted molar refractivity (Wildman–Crippen MR) is 91.1 cm³/mol. The van der Waals surface area contributed by atoms with Crippen molar-refractivity contribution in [3.63, 3.8) is 0 Å². The van der Waals surface area contributed by atoms with Crippen LogP contribution in [0.3, 0.4) is 0 Å². The minimum Gasteiger partial charge on any atom is -0.497 e. The maximum atomic E-state index is 13.0. The quantitative estimate of drug-likeness (QED) is 0.822. The minimum atomic E-state index is -4.63. The van der Waals surface area contributed by atoms with Gasteiger partial charge in [-0.2, -0.15) is 13.2 Å². The number of methoxy groups -OCH3 is 1. The molecule has 0 aliphatic rings. The van der Waals surface area contributed by atoms with Gasteiger partial charge in [-0.05, 0) is 36.8 Å². The van der Waals surface area contributed by atoms with Gasteiger partial charge >= 0.3 is 6.18 Å². The van der Waals surface area contributed by atoms with Crippen molar-refractivity contribution in [1.82, 2.24) is 5.32 Å². The number of halogens is 3. The van der Waals surface area contributed by atoms with Crippen LogP contribution in [-0.4, -0.2) is 30.3 Å². The number of benzene rings is 2. The predicted octanol–water partition coefficient (Wildman–Crippen LogP) is 3.44. The topological polar surface area (TPSA) is 58.6 Å². The number of carbonyl (C=O) groups is 1. The van der Waals surface area contributed by atoms with Gasteiger partial charge in [-0.25, -0.2) is 0 Å². The molecule has 0 aliphatic heterocycles. The Labute approximate surface area is 149 Å². The summed E-state index contributed by atoms with van der Waals surface area (Å²) in [5.74, 6) is -0.210. The van der Waals surface area contributed by atoms with Crippen molar-refractivity contribution >= 4 is 5.91 Å². The van der Waals surface area contributed by atoms with E-state index in [0.29, 0.717) is 5.75 Å². The van der Waals surface area contributed by atoms with Crippen LogP contribution in [0.4, 0.5) is 13.2 Å². The highest BCUT2D eigenvalue weighted by molar-refractivity contribution is 5.95. The number of nitrogens with one attached hydrogen (secondary N) is 1. The lowest BCUT2D eigenvalue weighted by Gasteiger charge is -2.24. The molecule has 0 aromatic heterocycles. The molecule has 140 valence electrons. The second-order valence-electron chi connectivity index (χ2n) is 6.25. The van der Waals surface area contributed by atoms with E-state index in [0.717, 1.165) is 17.7 Å². The summed E-state index contributed by atoms with van der Waals surface area (Å²) in [6, 6.07) is 11.6. The molecule has 0 bridgehead atoms. The zero-order chi connectivity index (χ0) is 19.4. The van der Waals surface area contributed by atoms with Crippen LogP contribution in [0.5, 0.6) is 5.75 Å². The van der Waals surface area contributed by atoms with Crippen LogP contribution in [0.2, 0.25) is 0 Å². The highest BCUT2D eigenvalue weighted by Crippen LogP contribution is 2.31. The van der Waals surface area contributed by atoms with Gasteiger partial charge < -0.3 is 15.2 Å². The first kappa shape index (κ1) is 19.8. The molecule has 1 atom stereocenters. The van der Waals surface area contributed by atoms with E-state index in [1.165, 1.54) is 19.1 Å². The molecular formula is C19H20F3NO3. The molecule has 0 spiro atoms. The lowest BCUT2D eigenvalue weighted by atomic mass is 9.96. The fourth-order valence-electron chi connectivity index (χ4n) is 2.54. The van der Waals surface area contributed by atoms with E-state index < -0.39 is 28.8 Å². The van der Waals surface area contributed by atoms with Gasteiger partial charge in [0.2, 0.25) is 0 Å². The van der Waals surface area contributed by atoms with Gasteiger partial charge in [-0.1, -0.05) is 24.3 Å². The van der Waals surface area contributed by atoms with Crippen LogP contribution in [-0.2, 0) is 12.6 Å². The average molecular weight is 367 g/mol. The van der Waals surface area contributed by atoms with Crippen molar-refractivity contribution in [1.29, 1.82) is 0 Å². The van der Waals surface area contributed by atoms with Crippen LogP contribution < -0.4 is 10.1 Å². The molecule has 2 rings (SSSR count). The first-order valence-electron chi connectivity index (χ1n) is 7.92. The second kappa shape index (κ2) is 7.78. The van der Waals surface area contributed by atoms with Crippen molar-refractivity contribution in [2.24, 2.45) is 0 Å². The van der Waals surface area contributed by atoms with Gasteiger partial charge in [0.05, 0.1) is 23.8 Å². The summed E-state index contributed by atoms with van der Waals surface area (Å²) in [6.45, 7) is 1.32. The fourth-order valence-corrected chi connectivity index (χ4v) is 2.54. The Morgan fingerprint density at radius 2 is 1.73 bits per heavy atom. The van der Waals surface area contributed by atoms with Gasteiger partial charge in [-0.15, -0.1) is 0 Å². The van der Waals surface area contributed by atoms with Gasteiger partial charge in [0, 0.05) is 13.0 Å². The molecule has 0 unspecified atom stereocenters. The molecular weight excluding hydrogens is 347 g/mol. The smallest absolute Gasteiger partial charge is 0.417 e. The van der Waals surface area contributed by atoms with E-state index in [4.69, 9.17) is 4.74 Å². The van der Waals surface area contributed by atoms with Gasteiger partial charge in [-0.3, -0.25) is 4.79 Å². The summed E-state index contributed by atoms with van der Waals surface area (Å²) in [5, 5.41) is 12.8. The summed E-state index contributed by atoms with van der Waals surface area (Å²) >= 11 is 0. The van der Waals surface area contributed by atoms with Crippen molar-refractivity contribution < 1.29 is 27.8 Å². The SMILES string of the molecule is COc1ccc(C[C@](C)(O)CNC(=O)c2ccccc2C(F)(F)F)cc1. The van der Waals surface area contributed by atoms with E-state index in [1.807, 2.05) is 0 Å². The molecule has 2 N–H and O–H groups in total. The van der Waals surface area contributed by atoms with Gasteiger partial charge in [0.25, 0.3) is 5.91 Å². The third kappa shape index (κ3) is 5.23. The largest absolute Gasteiger partial charge is 0.497 e. The molecule has 7 heteroatoms. The Hall–Kier alpha value is -2.54. The summed E-state index contributed by atoms with van der Waals surface area (Å²) in [7, 11) is 1.54. The van der Waals surface area contributed by atoms with E-state index in [2.05, 4.69) is 5.32 Å². The van der Waals surface area contributed by atoms with E-state index >= 15 is 0 Å². The fraction of sp³-hybridized carbons (Fsp3) is 0.316. The van der Waals surface area contributed by atoms with Crippen LogP contribution in [0.1, 0.15) is 28.4 Å². The number of rotatable bonds is 6. The molecule has 2 aromatic carbocycles.